The van der Waals surface area contributed by atoms with Gasteiger partial charge in [-0.05, 0) is 48.7 Å². The van der Waals surface area contributed by atoms with Crippen LogP contribution in [0.5, 0.6) is 5.75 Å². The molecular formula is C25H21Cl2NO5S. The highest BCUT2D eigenvalue weighted by Gasteiger charge is 2.30. The van der Waals surface area contributed by atoms with E-state index in [0.717, 1.165) is 3.97 Å². The molecule has 176 valence electrons. The summed E-state index contributed by atoms with van der Waals surface area (Å²) >= 11 is 12.6. The summed E-state index contributed by atoms with van der Waals surface area (Å²) in [4.78, 5) is 11.1. The molecule has 0 saturated heterocycles. The Morgan fingerprint density at radius 3 is 2.47 bits per heavy atom. The first-order chi connectivity index (χ1) is 16.2. The maximum atomic E-state index is 14.2. The Labute approximate surface area is 207 Å². The van der Waals surface area contributed by atoms with Crippen LogP contribution in [0.1, 0.15) is 18.9 Å². The Kier molecular flexibility index (Phi) is 6.89. The average molecular weight is 518 g/mol. The van der Waals surface area contributed by atoms with E-state index in [2.05, 4.69) is 0 Å². The lowest BCUT2D eigenvalue weighted by atomic mass is 10.1. The Balaban J connectivity index is 2.02. The molecule has 4 rings (SSSR count). The van der Waals surface area contributed by atoms with Crippen LogP contribution < -0.4 is 4.74 Å². The van der Waals surface area contributed by atoms with E-state index in [-0.39, 0.29) is 35.1 Å². The van der Waals surface area contributed by atoms with Gasteiger partial charge in [0.25, 0.3) is 10.0 Å². The van der Waals surface area contributed by atoms with E-state index in [0.29, 0.717) is 32.6 Å². The van der Waals surface area contributed by atoms with E-state index < -0.39 is 16.0 Å². The number of carboxylic acid groups (broad SMARTS) is 1. The van der Waals surface area contributed by atoms with Gasteiger partial charge in [-0.3, -0.25) is 4.79 Å². The van der Waals surface area contributed by atoms with Crippen molar-refractivity contribution in [3.63, 3.8) is 0 Å². The number of aliphatic carboxylic acids is 1. The molecule has 0 fully saturated rings. The Hall–Kier alpha value is -3.00. The molecule has 1 aromatic heterocycles. The first kappa shape index (κ1) is 24.1. The second-order valence-electron chi connectivity index (χ2n) is 7.56. The fraction of sp³-hybridized carbons (Fsp3) is 0.160. The van der Waals surface area contributed by atoms with Crippen LogP contribution in [-0.2, 0) is 21.2 Å². The number of halogens is 2. The molecule has 0 unspecified atom stereocenters. The van der Waals surface area contributed by atoms with Gasteiger partial charge in [-0.2, -0.15) is 0 Å². The summed E-state index contributed by atoms with van der Waals surface area (Å²) in [6.45, 7) is 1.96. The highest BCUT2D eigenvalue weighted by molar-refractivity contribution is 7.90. The lowest BCUT2D eigenvalue weighted by Gasteiger charge is -2.18. The minimum absolute atomic E-state index is 0.0634. The topological polar surface area (TPSA) is 85.6 Å². The standard InChI is InChI=1S/C25H21Cl2NO5S/c1-2-33-24-21(27)11-10-19(16-6-4-3-5-7-16)25(24)34(31,32)28-15-17(8-13-23(29)30)20-14-18(26)9-12-22(20)28/h3-7,9-12,14-15H,2,8,13H2,1H3,(H,29,30). The van der Waals surface area contributed by atoms with Crippen LogP contribution in [0.2, 0.25) is 10.0 Å². The van der Waals surface area contributed by atoms with Gasteiger partial charge < -0.3 is 9.84 Å². The molecule has 0 amide bonds. The molecule has 0 spiro atoms. The molecule has 0 aliphatic heterocycles. The zero-order valence-corrected chi connectivity index (χ0v) is 20.5. The van der Waals surface area contributed by atoms with Crippen LogP contribution in [0.4, 0.5) is 0 Å². The van der Waals surface area contributed by atoms with E-state index in [1.165, 1.54) is 6.20 Å². The molecule has 1 N–H and O–H groups in total. The molecule has 0 aliphatic carbocycles. The van der Waals surface area contributed by atoms with Crippen LogP contribution >= 0.6 is 23.2 Å². The fourth-order valence-corrected chi connectivity index (χ4v) is 6.08. The highest BCUT2D eigenvalue weighted by atomic mass is 35.5. The van der Waals surface area contributed by atoms with E-state index >= 15 is 0 Å². The average Bonchev–Trinajstić information content (AvgIpc) is 3.18. The van der Waals surface area contributed by atoms with Crippen molar-refractivity contribution in [2.75, 3.05) is 6.61 Å². The maximum absolute atomic E-state index is 14.2. The normalized spacial score (nSPS) is 11.6. The number of rotatable bonds is 8. The summed E-state index contributed by atoms with van der Waals surface area (Å²) in [5, 5.41) is 10.3. The lowest BCUT2D eigenvalue weighted by Crippen LogP contribution is -2.15. The van der Waals surface area contributed by atoms with Crippen LogP contribution in [0.3, 0.4) is 0 Å². The minimum Gasteiger partial charge on any atom is -0.491 e. The third-order valence-electron chi connectivity index (χ3n) is 5.38. The summed E-state index contributed by atoms with van der Waals surface area (Å²) in [6, 6.07) is 17.2. The quantitative estimate of drug-likeness (QED) is 0.297. The van der Waals surface area contributed by atoms with E-state index in [9.17, 15) is 13.2 Å². The maximum Gasteiger partial charge on any atom is 0.303 e. The molecule has 0 bridgehead atoms. The Bertz CT molecular complexity index is 1480. The van der Waals surface area contributed by atoms with Crippen molar-refractivity contribution < 1.29 is 23.1 Å². The molecular weight excluding hydrogens is 497 g/mol. The van der Waals surface area contributed by atoms with Gasteiger partial charge in [-0.1, -0.05) is 59.6 Å². The molecule has 34 heavy (non-hydrogen) atoms. The SMILES string of the molecule is CCOc1c(Cl)ccc(-c2ccccc2)c1S(=O)(=O)n1cc(CCC(=O)O)c2cc(Cl)ccc21. The number of hydrogen-bond donors (Lipinski definition) is 1. The zero-order chi connectivity index (χ0) is 24.5. The van der Waals surface area contributed by atoms with Crippen molar-refractivity contribution in [3.05, 3.63) is 82.5 Å². The number of fused-ring (bicyclic) bond motifs is 1. The molecule has 0 radical (unpaired) electrons. The second-order valence-corrected chi connectivity index (χ2v) is 10.2. The summed E-state index contributed by atoms with van der Waals surface area (Å²) < 4.78 is 35.3. The van der Waals surface area contributed by atoms with E-state index in [4.69, 9.17) is 33.0 Å². The minimum atomic E-state index is -4.23. The molecule has 9 heteroatoms. The summed E-state index contributed by atoms with van der Waals surface area (Å²) in [5.74, 6) is -0.918. The first-order valence-electron chi connectivity index (χ1n) is 10.5. The first-order valence-corrected chi connectivity index (χ1v) is 12.7. The van der Waals surface area contributed by atoms with E-state index in [1.54, 1.807) is 37.3 Å². The predicted molar refractivity (Wildman–Crippen MR) is 134 cm³/mol. The summed E-state index contributed by atoms with van der Waals surface area (Å²) in [7, 11) is -4.23. The van der Waals surface area contributed by atoms with Crippen LogP contribution in [0.25, 0.3) is 22.0 Å². The third-order valence-corrected chi connectivity index (χ3v) is 7.65. The number of carbonyl (C=O) groups is 1. The molecule has 0 aliphatic rings. The zero-order valence-electron chi connectivity index (χ0n) is 18.2. The van der Waals surface area contributed by atoms with Crippen molar-refractivity contribution in [1.29, 1.82) is 0 Å². The number of aryl methyl sites for hydroxylation is 1. The van der Waals surface area contributed by atoms with Crippen molar-refractivity contribution in [3.8, 4) is 16.9 Å². The summed E-state index contributed by atoms with van der Waals surface area (Å²) in [5.41, 5.74) is 2.07. The van der Waals surface area contributed by atoms with Gasteiger partial charge >= 0.3 is 5.97 Å². The van der Waals surface area contributed by atoms with Crippen molar-refractivity contribution >= 4 is 50.1 Å². The van der Waals surface area contributed by atoms with Crippen LogP contribution in [0.15, 0.2) is 71.8 Å². The molecule has 1 heterocycles. The number of ether oxygens (including phenoxy) is 1. The number of aromatic nitrogens is 1. The molecule has 4 aromatic rings. The smallest absolute Gasteiger partial charge is 0.303 e. The molecule has 0 saturated carbocycles. The van der Waals surface area contributed by atoms with Gasteiger partial charge in [-0.15, -0.1) is 0 Å². The second kappa shape index (κ2) is 9.70. The summed E-state index contributed by atoms with van der Waals surface area (Å²) in [6.07, 6.45) is 1.45. The van der Waals surface area contributed by atoms with Crippen molar-refractivity contribution in [2.45, 2.75) is 24.7 Å². The highest BCUT2D eigenvalue weighted by Crippen LogP contribution is 2.42. The molecule has 3 aromatic carbocycles. The van der Waals surface area contributed by atoms with Crippen LogP contribution in [-0.4, -0.2) is 30.1 Å². The van der Waals surface area contributed by atoms with E-state index in [1.807, 2.05) is 30.3 Å². The van der Waals surface area contributed by atoms with Gasteiger partial charge in [0.05, 0.1) is 17.1 Å². The number of carboxylic acids is 1. The van der Waals surface area contributed by atoms with Gasteiger partial charge in [0.2, 0.25) is 0 Å². The van der Waals surface area contributed by atoms with Gasteiger partial charge in [-0.25, -0.2) is 12.4 Å². The van der Waals surface area contributed by atoms with Gasteiger partial charge in [0, 0.05) is 28.6 Å². The molecule has 0 atom stereocenters. The Morgan fingerprint density at radius 1 is 1.06 bits per heavy atom. The predicted octanol–water partition coefficient (Wildman–Crippen LogP) is 6.27. The monoisotopic (exact) mass is 517 g/mol. The number of hydrogen-bond acceptors (Lipinski definition) is 4. The van der Waals surface area contributed by atoms with Crippen molar-refractivity contribution in [1.82, 2.24) is 3.97 Å². The number of nitrogens with zero attached hydrogens (tertiary/aromatic N) is 1. The van der Waals surface area contributed by atoms with Crippen LogP contribution in [0, 0.1) is 0 Å². The third kappa shape index (κ3) is 4.51. The van der Waals surface area contributed by atoms with Crippen molar-refractivity contribution in [2.24, 2.45) is 0 Å². The van der Waals surface area contributed by atoms with Gasteiger partial charge in [0.15, 0.2) is 5.75 Å². The lowest BCUT2D eigenvalue weighted by molar-refractivity contribution is -0.136. The Morgan fingerprint density at radius 2 is 1.79 bits per heavy atom. The number of benzene rings is 3. The van der Waals surface area contributed by atoms with Gasteiger partial charge in [0.1, 0.15) is 4.90 Å². The molecule has 6 nitrogen and oxygen atoms in total. The fourth-order valence-electron chi connectivity index (χ4n) is 3.89. The largest absolute Gasteiger partial charge is 0.491 e.